The largest absolute Gasteiger partial charge is 0.465 e. The summed E-state index contributed by atoms with van der Waals surface area (Å²) in [6.45, 7) is 0. The normalized spacial score (nSPS) is 10.7. The molecule has 0 unspecified atom stereocenters. The zero-order valence-corrected chi connectivity index (χ0v) is 16.2. The van der Waals surface area contributed by atoms with E-state index in [4.69, 9.17) is 16.3 Å². The van der Waals surface area contributed by atoms with Crippen LogP contribution in [0, 0.1) is 0 Å². The Hall–Kier alpha value is -3.64. The lowest BCUT2D eigenvalue weighted by molar-refractivity contribution is 0.0601. The molecule has 0 radical (unpaired) electrons. The zero-order chi connectivity index (χ0) is 20.4. The molecule has 0 saturated heterocycles. The van der Waals surface area contributed by atoms with E-state index in [2.05, 4.69) is 10.3 Å². The third-order valence-corrected chi connectivity index (χ3v) is 4.64. The van der Waals surface area contributed by atoms with Crippen molar-refractivity contribution in [3.63, 3.8) is 0 Å². The van der Waals surface area contributed by atoms with Gasteiger partial charge in [-0.3, -0.25) is 4.79 Å². The van der Waals surface area contributed by atoms with Gasteiger partial charge < -0.3 is 10.1 Å². The van der Waals surface area contributed by atoms with Crippen molar-refractivity contribution in [1.82, 2.24) is 9.55 Å². The van der Waals surface area contributed by atoms with Crippen LogP contribution < -0.4 is 10.9 Å². The molecule has 0 saturated carbocycles. The van der Waals surface area contributed by atoms with E-state index in [9.17, 15) is 9.59 Å². The Balaban J connectivity index is 1.85. The fourth-order valence-electron chi connectivity index (χ4n) is 2.99. The van der Waals surface area contributed by atoms with E-state index in [1.54, 1.807) is 42.5 Å². The van der Waals surface area contributed by atoms with Crippen molar-refractivity contribution in [1.29, 1.82) is 0 Å². The van der Waals surface area contributed by atoms with Crippen LogP contribution in [0.4, 0.5) is 11.6 Å². The van der Waals surface area contributed by atoms with Gasteiger partial charge >= 0.3 is 5.97 Å². The number of nitrogens with one attached hydrogen (secondary N) is 1. The number of para-hydroxylation sites is 1. The maximum Gasteiger partial charge on any atom is 0.337 e. The highest BCUT2D eigenvalue weighted by Crippen LogP contribution is 2.22. The molecule has 6 nitrogen and oxygen atoms in total. The van der Waals surface area contributed by atoms with Crippen LogP contribution in [0.3, 0.4) is 0 Å². The average molecular weight is 406 g/mol. The second kappa shape index (κ2) is 7.77. The van der Waals surface area contributed by atoms with E-state index in [0.29, 0.717) is 38.8 Å². The minimum absolute atomic E-state index is 0.239. The zero-order valence-electron chi connectivity index (χ0n) is 15.4. The molecule has 0 bridgehead atoms. The van der Waals surface area contributed by atoms with Crippen LogP contribution in [-0.2, 0) is 4.74 Å². The molecule has 144 valence electrons. The number of ether oxygens (including phenoxy) is 1. The standard InChI is InChI=1S/C22H16ClN3O3/c1-29-21(28)14-7-10-16(11-8-14)24-22-25-19-12-9-15(23)13-18(19)20(27)26(22)17-5-3-2-4-6-17/h2-13H,1H3,(H,24,25). The smallest absolute Gasteiger partial charge is 0.337 e. The van der Waals surface area contributed by atoms with Gasteiger partial charge in [-0.15, -0.1) is 0 Å². The first-order chi connectivity index (χ1) is 14.1. The van der Waals surface area contributed by atoms with Crippen molar-refractivity contribution in [3.8, 4) is 5.69 Å². The SMILES string of the molecule is COC(=O)c1ccc(Nc2nc3ccc(Cl)cc3c(=O)n2-c2ccccc2)cc1. The Kier molecular flexibility index (Phi) is 5.01. The molecule has 1 aromatic heterocycles. The Morgan fingerprint density at radius 1 is 1.03 bits per heavy atom. The fraction of sp³-hybridized carbons (Fsp3) is 0.0455. The van der Waals surface area contributed by atoms with E-state index in [0.717, 1.165) is 0 Å². The number of halogens is 1. The van der Waals surface area contributed by atoms with E-state index in [1.165, 1.54) is 11.7 Å². The second-order valence-electron chi connectivity index (χ2n) is 6.27. The lowest BCUT2D eigenvalue weighted by Crippen LogP contribution is -2.22. The number of carbonyl (C=O) groups is 1. The molecule has 29 heavy (non-hydrogen) atoms. The monoisotopic (exact) mass is 405 g/mol. The van der Waals surface area contributed by atoms with Gasteiger partial charge in [-0.25, -0.2) is 14.3 Å². The van der Waals surface area contributed by atoms with Crippen molar-refractivity contribution in [2.75, 3.05) is 12.4 Å². The average Bonchev–Trinajstić information content (AvgIpc) is 2.75. The minimum Gasteiger partial charge on any atom is -0.465 e. The molecule has 1 N–H and O–H groups in total. The number of methoxy groups -OCH3 is 1. The number of esters is 1. The number of rotatable bonds is 4. The first kappa shape index (κ1) is 18.7. The van der Waals surface area contributed by atoms with Gasteiger partial charge in [0.05, 0.1) is 29.3 Å². The topological polar surface area (TPSA) is 73.2 Å². The van der Waals surface area contributed by atoms with Crippen LogP contribution in [0.15, 0.2) is 77.6 Å². The number of hydrogen-bond donors (Lipinski definition) is 1. The van der Waals surface area contributed by atoms with Crippen LogP contribution >= 0.6 is 11.6 Å². The Bertz CT molecular complexity index is 1250. The molecular formula is C22H16ClN3O3. The van der Waals surface area contributed by atoms with Gasteiger partial charge in [-0.2, -0.15) is 0 Å². The molecule has 0 spiro atoms. The highest BCUT2D eigenvalue weighted by atomic mass is 35.5. The number of hydrogen-bond acceptors (Lipinski definition) is 5. The van der Waals surface area contributed by atoms with Gasteiger partial charge in [-0.05, 0) is 54.6 Å². The summed E-state index contributed by atoms with van der Waals surface area (Å²) in [5.41, 5.74) is 2.06. The summed E-state index contributed by atoms with van der Waals surface area (Å²) in [4.78, 5) is 29.5. The van der Waals surface area contributed by atoms with Crippen molar-refractivity contribution in [2.45, 2.75) is 0 Å². The third-order valence-electron chi connectivity index (χ3n) is 4.41. The van der Waals surface area contributed by atoms with Crippen molar-refractivity contribution in [2.24, 2.45) is 0 Å². The summed E-state index contributed by atoms with van der Waals surface area (Å²) in [6, 6.07) is 20.9. The Labute approximate surface area is 171 Å². The van der Waals surface area contributed by atoms with Crippen LogP contribution in [0.2, 0.25) is 5.02 Å². The van der Waals surface area contributed by atoms with Crippen molar-refractivity contribution in [3.05, 3.63) is 93.7 Å². The summed E-state index contributed by atoms with van der Waals surface area (Å²) in [7, 11) is 1.33. The van der Waals surface area contributed by atoms with Crippen LogP contribution in [0.1, 0.15) is 10.4 Å². The molecule has 7 heteroatoms. The highest BCUT2D eigenvalue weighted by molar-refractivity contribution is 6.31. The summed E-state index contributed by atoms with van der Waals surface area (Å²) in [5, 5.41) is 4.06. The number of nitrogens with zero attached hydrogens (tertiary/aromatic N) is 2. The fourth-order valence-corrected chi connectivity index (χ4v) is 3.17. The minimum atomic E-state index is -0.418. The summed E-state index contributed by atoms with van der Waals surface area (Å²) in [5.74, 6) is -0.0692. The summed E-state index contributed by atoms with van der Waals surface area (Å²) >= 11 is 6.08. The van der Waals surface area contributed by atoms with Gasteiger partial charge in [0, 0.05) is 10.7 Å². The number of carbonyl (C=O) groups excluding carboxylic acids is 1. The number of benzene rings is 3. The first-order valence-electron chi connectivity index (χ1n) is 8.80. The predicted molar refractivity (Wildman–Crippen MR) is 113 cm³/mol. The predicted octanol–water partition coefficient (Wildman–Crippen LogP) is 4.57. The summed E-state index contributed by atoms with van der Waals surface area (Å²) in [6.07, 6.45) is 0. The molecule has 0 atom stereocenters. The Morgan fingerprint density at radius 2 is 1.76 bits per heavy atom. The Morgan fingerprint density at radius 3 is 2.45 bits per heavy atom. The maximum absolute atomic E-state index is 13.2. The third kappa shape index (κ3) is 3.70. The van der Waals surface area contributed by atoms with Crippen LogP contribution in [0.25, 0.3) is 16.6 Å². The molecule has 4 aromatic rings. The lowest BCUT2D eigenvalue weighted by atomic mass is 10.2. The first-order valence-corrected chi connectivity index (χ1v) is 9.18. The van der Waals surface area contributed by atoms with Crippen molar-refractivity contribution < 1.29 is 9.53 Å². The van der Waals surface area contributed by atoms with Gasteiger partial charge in [0.25, 0.3) is 5.56 Å². The van der Waals surface area contributed by atoms with Gasteiger partial charge in [-0.1, -0.05) is 29.8 Å². The quantitative estimate of drug-likeness (QED) is 0.503. The van der Waals surface area contributed by atoms with Gasteiger partial charge in [0.2, 0.25) is 5.95 Å². The maximum atomic E-state index is 13.2. The molecule has 0 aliphatic rings. The van der Waals surface area contributed by atoms with Gasteiger partial charge in [0.15, 0.2) is 0 Å². The number of anilines is 2. The van der Waals surface area contributed by atoms with E-state index >= 15 is 0 Å². The molecule has 4 rings (SSSR count). The molecule has 0 aliphatic heterocycles. The van der Waals surface area contributed by atoms with Crippen LogP contribution in [-0.4, -0.2) is 22.6 Å². The number of fused-ring (bicyclic) bond motifs is 1. The van der Waals surface area contributed by atoms with E-state index in [1.807, 2.05) is 30.3 Å². The highest BCUT2D eigenvalue weighted by Gasteiger charge is 2.14. The second-order valence-corrected chi connectivity index (χ2v) is 6.70. The molecule has 0 amide bonds. The van der Waals surface area contributed by atoms with Crippen molar-refractivity contribution >= 4 is 40.1 Å². The molecule has 0 fully saturated rings. The molecule has 0 aliphatic carbocycles. The molecular weight excluding hydrogens is 390 g/mol. The number of aromatic nitrogens is 2. The molecule has 3 aromatic carbocycles. The summed E-state index contributed by atoms with van der Waals surface area (Å²) < 4.78 is 6.21. The molecule has 1 heterocycles. The van der Waals surface area contributed by atoms with Gasteiger partial charge in [0.1, 0.15) is 0 Å². The lowest BCUT2D eigenvalue weighted by Gasteiger charge is -2.15. The van der Waals surface area contributed by atoms with Crippen LogP contribution in [0.5, 0.6) is 0 Å². The van der Waals surface area contributed by atoms with E-state index in [-0.39, 0.29) is 5.56 Å². The van der Waals surface area contributed by atoms with E-state index < -0.39 is 5.97 Å².